The lowest BCUT2D eigenvalue weighted by molar-refractivity contribution is 0.112. The van der Waals surface area contributed by atoms with Gasteiger partial charge >= 0.3 is 0 Å². The molecule has 0 bridgehead atoms. The standard InChI is InChI=1S/C11H5Cl3O/c12-9-3-1-2-6-7(9)4-10(13)8(5-15)11(6)14/h1-5H. The molecule has 0 spiro atoms. The Balaban J connectivity index is 2.97. The number of halogens is 3. The highest BCUT2D eigenvalue weighted by Gasteiger charge is 2.11. The average molecular weight is 260 g/mol. The van der Waals surface area contributed by atoms with Crippen LogP contribution < -0.4 is 0 Å². The molecule has 0 radical (unpaired) electrons. The highest BCUT2D eigenvalue weighted by atomic mass is 35.5. The van der Waals surface area contributed by atoms with E-state index >= 15 is 0 Å². The van der Waals surface area contributed by atoms with Crippen LogP contribution in [0.5, 0.6) is 0 Å². The second-order valence-electron chi connectivity index (χ2n) is 3.04. The van der Waals surface area contributed by atoms with Crippen molar-refractivity contribution in [2.24, 2.45) is 0 Å². The Morgan fingerprint density at radius 1 is 1.00 bits per heavy atom. The monoisotopic (exact) mass is 258 g/mol. The van der Waals surface area contributed by atoms with Crippen LogP contribution >= 0.6 is 34.8 Å². The minimum atomic E-state index is 0.299. The van der Waals surface area contributed by atoms with Gasteiger partial charge in [0, 0.05) is 15.8 Å². The molecule has 0 N–H and O–H groups in total. The first-order valence-electron chi connectivity index (χ1n) is 4.16. The number of carbonyl (C=O) groups is 1. The van der Waals surface area contributed by atoms with E-state index < -0.39 is 0 Å². The Bertz CT molecular complexity index is 549. The van der Waals surface area contributed by atoms with Crippen molar-refractivity contribution in [2.45, 2.75) is 0 Å². The van der Waals surface area contributed by atoms with Crippen LogP contribution in [0.4, 0.5) is 0 Å². The molecule has 0 saturated heterocycles. The van der Waals surface area contributed by atoms with Crippen molar-refractivity contribution >= 4 is 51.9 Å². The maximum absolute atomic E-state index is 10.8. The van der Waals surface area contributed by atoms with Crippen LogP contribution in [0.25, 0.3) is 10.8 Å². The zero-order valence-corrected chi connectivity index (χ0v) is 9.70. The van der Waals surface area contributed by atoms with E-state index in [1.54, 1.807) is 24.3 Å². The number of hydrogen-bond donors (Lipinski definition) is 0. The third-order valence-electron chi connectivity index (χ3n) is 2.17. The summed E-state index contributed by atoms with van der Waals surface area (Å²) in [6.45, 7) is 0. The van der Waals surface area contributed by atoms with Crippen molar-refractivity contribution in [1.29, 1.82) is 0 Å². The van der Waals surface area contributed by atoms with Gasteiger partial charge in [0.05, 0.1) is 15.6 Å². The third-order valence-corrected chi connectivity index (χ3v) is 3.22. The number of rotatable bonds is 1. The summed E-state index contributed by atoms with van der Waals surface area (Å²) in [5, 5.41) is 2.70. The largest absolute Gasteiger partial charge is 0.298 e. The number of aldehydes is 1. The molecule has 2 rings (SSSR count). The van der Waals surface area contributed by atoms with Gasteiger partial charge < -0.3 is 0 Å². The van der Waals surface area contributed by atoms with Gasteiger partial charge in [0.2, 0.25) is 0 Å². The number of carbonyl (C=O) groups excluding carboxylic acids is 1. The lowest BCUT2D eigenvalue weighted by Crippen LogP contribution is -1.87. The fourth-order valence-electron chi connectivity index (χ4n) is 1.44. The van der Waals surface area contributed by atoms with E-state index in [1.165, 1.54) is 0 Å². The summed E-state index contributed by atoms with van der Waals surface area (Å²) in [6.07, 6.45) is 0.644. The molecule has 0 aromatic heterocycles. The molecule has 2 aromatic rings. The molecule has 0 heterocycles. The Labute approximate surface area is 102 Å². The number of fused-ring (bicyclic) bond motifs is 1. The molecule has 0 amide bonds. The van der Waals surface area contributed by atoms with Gasteiger partial charge in [-0.05, 0) is 12.1 Å². The first-order chi connectivity index (χ1) is 7.15. The minimum Gasteiger partial charge on any atom is -0.298 e. The summed E-state index contributed by atoms with van der Waals surface area (Å²) in [7, 11) is 0. The molecule has 2 aromatic carbocycles. The molecule has 0 fully saturated rings. The molecule has 15 heavy (non-hydrogen) atoms. The molecule has 0 aliphatic rings. The van der Waals surface area contributed by atoms with Gasteiger partial charge in [-0.1, -0.05) is 46.9 Å². The van der Waals surface area contributed by atoms with Gasteiger partial charge in [0.15, 0.2) is 6.29 Å². The van der Waals surface area contributed by atoms with Crippen LogP contribution in [0, 0.1) is 0 Å². The quantitative estimate of drug-likeness (QED) is 0.683. The maximum Gasteiger partial charge on any atom is 0.153 e. The first kappa shape index (κ1) is 10.7. The van der Waals surface area contributed by atoms with Gasteiger partial charge in [-0.2, -0.15) is 0 Å². The van der Waals surface area contributed by atoms with E-state index in [0.717, 1.165) is 10.8 Å². The zero-order chi connectivity index (χ0) is 11.0. The molecule has 0 aliphatic heterocycles. The third kappa shape index (κ3) is 1.71. The van der Waals surface area contributed by atoms with Crippen molar-refractivity contribution < 1.29 is 4.79 Å². The predicted molar refractivity (Wildman–Crippen MR) is 64.4 cm³/mol. The van der Waals surface area contributed by atoms with Gasteiger partial charge in [0.25, 0.3) is 0 Å². The predicted octanol–water partition coefficient (Wildman–Crippen LogP) is 4.61. The highest BCUT2D eigenvalue weighted by Crippen LogP contribution is 2.35. The highest BCUT2D eigenvalue weighted by molar-refractivity contribution is 6.44. The normalized spacial score (nSPS) is 10.6. The first-order valence-corrected chi connectivity index (χ1v) is 5.30. The van der Waals surface area contributed by atoms with Crippen molar-refractivity contribution in [1.82, 2.24) is 0 Å². The summed E-state index contributed by atoms with van der Waals surface area (Å²) in [4.78, 5) is 10.8. The van der Waals surface area contributed by atoms with E-state index in [9.17, 15) is 4.79 Å². The lowest BCUT2D eigenvalue weighted by Gasteiger charge is -2.06. The van der Waals surface area contributed by atoms with Crippen LogP contribution in [0.3, 0.4) is 0 Å². The van der Waals surface area contributed by atoms with Crippen molar-refractivity contribution in [3.05, 3.63) is 44.9 Å². The average Bonchev–Trinajstić information content (AvgIpc) is 2.20. The van der Waals surface area contributed by atoms with Crippen LogP contribution in [0.15, 0.2) is 24.3 Å². The minimum absolute atomic E-state index is 0.299. The van der Waals surface area contributed by atoms with Gasteiger partial charge in [-0.15, -0.1) is 0 Å². The molecule has 1 nitrogen and oxygen atoms in total. The summed E-state index contributed by atoms with van der Waals surface area (Å²) < 4.78 is 0. The molecular weight excluding hydrogens is 254 g/mol. The molecular formula is C11H5Cl3O. The SMILES string of the molecule is O=Cc1c(Cl)cc2c(Cl)cccc2c1Cl. The summed E-state index contributed by atoms with van der Waals surface area (Å²) in [6, 6.07) is 6.97. The van der Waals surface area contributed by atoms with Crippen LogP contribution in [-0.2, 0) is 0 Å². The van der Waals surface area contributed by atoms with Gasteiger partial charge in [-0.3, -0.25) is 4.79 Å². The smallest absolute Gasteiger partial charge is 0.153 e. The lowest BCUT2D eigenvalue weighted by atomic mass is 10.1. The molecule has 4 heteroatoms. The van der Waals surface area contributed by atoms with Crippen molar-refractivity contribution in [2.75, 3.05) is 0 Å². The van der Waals surface area contributed by atoms with Crippen molar-refractivity contribution in [3.63, 3.8) is 0 Å². The fourth-order valence-corrected chi connectivity index (χ4v) is 2.27. The van der Waals surface area contributed by atoms with E-state index in [2.05, 4.69) is 0 Å². The summed E-state index contributed by atoms with van der Waals surface area (Å²) in [5.74, 6) is 0. The molecule has 0 atom stereocenters. The van der Waals surface area contributed by atoms with Gasteiger partial charge in [0.1, 0.15) is 0 Å². The summed E-state index contributed by atoms with van der Waals surface area (Å²) in [5.41, 5.74) is 0.299. The topological polar surface area (TPSA) is 17.1 Å². The Morgan fingerprint density at radius 3 is 2.40 bits per heavy atom. The Morgan fingerprint density at radius 2 is 1.73 bits per heavy atom. The second kappa shape index (κ2) is 4.01. The van der Waals surface area contributed by atoms with Crippen LogP contribution in [0.1, 0.15) is 10.4 Å². The van der Waals surface area contributed by atoms with Crippen LogP contribution in [0.2, 0.25) is 15.1 Å². The summed E-state index contributed by atoms with van der Waals surface area (Å²) >= 11 is 17.9. The fraction of sp³-hybridized carbons (Fsp3) is 0. The van der Waals surface area contributed by atoms with E-state index in [0.29, 0.717) is 26.9 Å². The Hall–Kier alpha value is -0.760. The molecule has 76 valence electrons. The Kier molecular flexibility index (Phi) is 2.87. The van der Waals surface area contributed by atoms with Crippen molar-refractivity contribution in [3.8, 4) is 0 Å². The van der Waals surface area contributed by atoms with Gasteiger partial charge in [-0.25, -0.2) is 0 Å². The van der Waals surface area contributed by atoms with E-state index in [1.807, 2.05) is 0 Å². The number of benzene rings is 2. The number of hydrogen-bond acceptors (Lipinski definition) is 1. The zero-order valence-electron chi connectivity index (χ0n) is 7.43. The molecule has 0 saturated carbocycles. The van der Waals surface area contributed by atoms with E-state index in [4.69, 9.17) is 34.8 Å². The second-order valence-corrected chi connectivity index (χ2v) is 4.23. The maximum atomic E-state index is 10.8. The van der Waals surface area contributed by atoms with Crippen LogP contribution in [-0.4, -0.2) is 6.29 Å². The van der Waals surface area contributed by atoms with E-state index in [-0.39, 0.29) is 0 Å². The molecule has 0 aliphatic carbocycles. The molecule has 0 unspecified atom stereocenters.